The summed E-state index contributed by atoms with van der Waals surface area (Å²) < 4.78 is 4.47. The lowest BCUT2D eigenvalue weighted by Gasteiger charge is -2.26. The number of amides is 2. The standard InChI is InChI=1S/C13H19NO5/c1-7-4-8-9(5-7)11(16)14(10(8)15)6-13(2,18)12(17)19-3/h7-9,18H,4-6H2,1-3H3. The molecule has 19 heavy (non-hydrogen) atoms. The lowest BCUT2D eigenvalue weighted by molar-refractivity contribution is -0.164. The van der Waals surface area contributed by atoms with Gasteiger partial charge in [0.1, 0.15) is 0 Å². The highest BCUT2D eigenvalue weighted by atomic mass is 16.5. The Balaban J connectivity index is 2.13. The first-order chi connectivity index (χ1) is 8.77. The third kappa shape index (κ3) is 2.25. The van der Waals surface area contributed by atoms with Crippen LogP contribution in [0.25, 0.3) is 0 Å². The van der Waals surface area contributed by atoms with Crippen molar-refractivity contribution in [2.75, 3.05) is 13.7 Å². The zero-order valence-electron chi connectivity index (χ0n) is 11.4. The molecule has 2 rings (SSSR count). The van der Waals surface area contributed by atoms with Gasteiger partial charge in [0.2, 0.25) is 11.8 Å². The maximum atomic E-state index is 12.2. The average Bonchev–Trinajstić information content (AvgIpc) is 2.82. The second-order valence-electron chi connectivity index (χ2n) is 5.82. The highest BCUT2D eigenvalue weighted by Crippen LogP contribution is 2.43. The average molecular weight is 269 g/mol. The molecule has 6 heteroatoms. The fraction of sp³-hybridized carbons (Fsp3) is 0.769. The Labute approximate surface area is 111 Å². The minimum Gasteiger partial charge on any atom is -0.467 e. The van der Waals surface area contributed by atoms with E-state index in [4.69, 9.17) is 0 Å². The molecular formula is C13H19NO5. The molecule has 1 aliphatic heterocycles. The Morgan fingerprint density at radius 1 is 1.37 bits per heavy atom. The molecule has 0 bridgehead atoms. The maximum Gasteiger partial charge on any atom is 0.339 e. The number of likely N-dealkylation sites (tertiary alicyclic amines) is 1. The van der Waals surface area contributed by atoms with E-state index in [0.29, 0.717) is 18.8 Å². The maximum absolute atomic E-state index is 12.2. The zero-order chi connectivity index (χ0) is 14.4. The van der Waals surface area contributed by atoms with Crippen molar-refractivity contribution in [3.8, 4) is 0 Å². The van der Waals surface area contributed by atoms with E-state index in [9.17, 15) is 19.5 Å². The summed E-state index contributed by atoms with van der Waals surface area (Å²) in [6.07, 6.45) is 1.40. The van der Waals surface area contributed by atoms with Gasteiger partial charge in [-0.3, -0.25) is 14.5 Å². The molecule has 1 aliphatic carbocycles. The first-order valence-electron chi connectivity index (χ1n) is 6.44. The number of nitrogens with zero attached hydrogens (tertiary/aromatic N) is 1. The third-order valence-electron chi connectivity index (χ3n) is 4.06. The van der Waals surface area contributed by atoms with Gasteiger partial charge in [0.15, 0.2) is 5.60 Å². The molecule has 106 valence electrons. The van der Waals surface area contributed by atoms with Crippen LogP contribution in [-0.4, -0.2) is 47.0 Å². The van der Waals surface area contributed by atoms with Gasteiger partial charge in [-0.05, 0) is 25.7 Å². The molecular weight excluding hydrogens is 250 g/mol. The fourth-order valence-corrected chi connectivity index (χ4v) is 3.09. The molecule has 1 saturated carbocycles. The van der Waals surface area contributed by atoms with Crippen LogP contribution in [0.3, 0.4) is 0 Å². The quantitative estimate of drug-likeness (QED) is 0.573. The highest BCUT2D eigenvalue weighted by molar-refractivity contribution is 6.06. The van der Waals surface area contributed by atoms with Crippen molar-refractivity contribution in [1.82, 2.24) is 4.90 Å². The third-order valence-corrected chi connectivity index (χ3v) is 4.06. The van der Waals surface area contributed by atoms with E-state index in [1.807, 2.05) is 6.92 Å². The number of hydrogen-bond donors (Lipinski definition) is 1. The number of β-amino-alcohol motifs (C(OH)–C–C–N with tert-alkyl or cyclic N) is 1. The van der Waals surface area contributed by atoms with E-state index < -0.39 is 11.6 Å². The van der Waals surface area contributed by atoms with Gasteiger partial charge >= 0.3 is 5.97 Å². The van der Waals surface area contributed by atoms with E-state index in [-0.39, 0.29) is 30.2 Å². The Kier molecular flexibility index (Phi) is 3.38. The summed E-state index contributed by atoms with van der Waals surface area (Å²) in [4.78, 5) is 36.8. The molecule has 6 nitrogen and oxygen atoms in total. The number of aliphatic hydroxyl groups is 1. The van der Waals surface area contributed by atoms with Crippen molar-refractivity contribution >= 4 is 17.8 Å². The van der Waals surface area contributed by atoms with Crippen LogP contribution in [0.4, 0.5) is 0 Å². The number of fused-ring (bicyclic) bond motifs is 1. The van der Waals surface area contributed by atoms with E-state index in [0.717, 1.165) is 12.0 Å². The van der Waals surface area contributed by atoms with Crippen LogP contribution in [-0.2, 0) is 19.1 Å². The molecule has 3 unspecified atom stereocenters. The van der Waals surface area contributed by atoms with Crippen molar-refractivity contribution < 1.29 is 24.2 Å². The molecule has 0 spiro atoms. The molecule has 1 heterocycles. The summed E-state index contributed by atoms with van der Waals surface area (Å²) >= 11 is 0. The number of carbonyl (C=O) groups is 3. The largest absolute Gasteiger partial charge is 0.467 e. The number of rotatable bonds is 3. The molecule has 1 saturated heterocycles. The van der Waals surface area contributed by atoms with E-state index >= 15 is 0 Å². The smallest absolute Gasteiger partial charge is 0.339 e. The van der Waals surface area contributed by atoms with E-state index in [2.05, 4.69) is 4.74 Å². The summed E-state index contributed by atoms with van der Waals surface area (Å²) in [6.45, 7) is 2.93. The summed E-state index contributed by atoms with van der Waals surface area (Å²) in [5.41, 5.74) is -1.86. The van der Waals surface area contributed by atoms with E-state index in [1.165, 1.54) is 6.92 Å². The molecule has 2 aliphatic rings. The van der Waals surface area contributed by atoms with Gasteiger partial charge in [-0.15, -0.1) is 0 Å². The van der Waals surface area contributed by atoms with Crippen LogP contribution in [0, 0.1) is 17.8 Å². The normalized spacial score (nSPS) is 33.3. The Bertz CT molecular complexity index is 407. The molecule has 1 N–H and O–H groups in total. The van der Waals surface area contributed by atoms with Gasteiger partial charge in [-0.1, -0.05) is 6.92 Å². The number of ether oxygens (including phenoxy) is 1. The van der Waals surface area contributed by atoms with Crippen molar-refractivity contribution in [2.24, 2.45) is 17.8 Å². The minimum atomic E-state index is -1.86. The predicted octanol–water partition coefficient (Wildman–Crippen LogP) is -0.0585. The first-order valence-corrected chi connectivity index (χ1v) is 6.44. The molecule has 3 atom stereocenters. The lowest BCUT2D eigenvalue weighted by Crippen LogP contribution is -2.49. The summed E-state index contributed by atoms with van der Waals surface area (Å²) in [6, 6.07) is 0. The van der Waals surface area contributed by atoms with Gasteiger partial charge in [0.05, 0.1) is 25.5 Å². The lowest BCUT2D eigenvalue weighted by atomic mass is 10.00. The van der Waals surface area contributed by atoms with Crippen molar-refractivity contribution in [3.63, 3.8) is 0 Å². The fourth-order valence-electron chi connectivity index (χ4n) is 3.09. The highest BCUT2D eigenvalue weighted by Gasteiger charge is 2.53. The van der Waals surface area contributed by atoms with Crippen molar-refractivity contribution in [1.29, 1.82) is 0 Å². The predicted molar refractivity (Wildman–Crippen MR) is 64.7 cm³/mol. The first kappa shape index (κ1) is 14.0. The number of hydrogen-bond acceptors (Lipinski definition) is 5. The van der Waals surface area contributed by atoms with Gasteiger partial charge in [0, 0.05) is 0 Å². The Morgan fingerprint density at radius 3 is 2.26 bits per heavy atom. The molecule has 0 aromatic rings. The summed E-state index contributed by atoms with van der Waals surface area (Å²) in [5.74, 6) is -1.59. The van der Waals surface area contributed by atoms with Gasteiger partial charge < -0.3 is 9.84 Å². The monoisotopic (exact) mass is 269 g/mol. The SMILES string of the molecule is COC(=O)C(C)(O)CN1C(=O)C2CC(C)CC2C1=O. The molecule has 2 amide bonds. The number of carbonyl (C=O) groups excluding carboxylic acids is 3. The van der Waals surface area contributed by atoms with Crippen molar-refractivity contribution in [2.45, 2.75) is 32.3 Å². The van der Waals surface area contributed by atoms with Crippen LogP contribution in [0.2, 0.25) is 0 Å². The Morgan fingerprint density at radius 2 is 1.84 bits per heavy atom. The van der Waals surface area contributed by atoms with E-state index in [1.54, 1.807) is 0 Å². The molecule has 0 radical (unpaired) electrons. The molecule has 0 aromatic carbocycles. The topological polar surface area (TPSA) is 83.9 Å². The Hall–Kier alpha value is -1.43. The van der Waals surface area contributed by atoms with Crippen LogP contribution >= 0.6 is 0 Å². The molecule has 2 fully saturated rings. The van der Waals surface area contributed by atoms with Gasteiger partial charge in [-0.25, -0.2) is 4.79 Å². The minimum absolute atomic E-state index is 0.275. The van der Waals surface area contributed by atoms with Crippen LogP contribution in [0.15, 0.2) is 0 Å². The zero-order valence-corrected chi connectivity index (χ0v) is 11.4. The number of esters is 1. The van der Waals surface area contributed by atoms with Crippen LogP contribution in [0.1, 0.15) is 26.7 Å². The summed E-state index contributed by atoms with van der Waals surface area (Å²) in [5, 5.41) is 9.97. The number of imide groups is 1. The second-order valence-corrected chi connectivity index (χ2v) is 5.82. The molecule has 0 aromatic heterocycles. The van der Waals surface area contributed by atoms with Crippen LogP contribution < -0.4 is 0 Å². The second kappa shape index (κ2) is 4.59. The van der Waals surface area contributed by atoms with Crippen LogP contribution in [0.5, 0.6) is 0 Å². The van der Waals surface area contributed by atoms with Crippen molar-refractivity contribution in [3.05, 3.63) is 0 Å². The van der Waals surface area contributed by atoms with Gasteiger partial charge in [-0.2, -0.15) is 0 Å². The van der Waals surface area contributed by atoms with Gasteiger partial charge in [0.25, 0.3) is 0 Å². The number of methoxy groups -OCH3 is 1. The summed E-state index contributed by atoms with van der Waals surface area (Å²) in [7, 11) is 1.15.